The van der Waals surface area contributed by atoms with Crippen LogP contribution in [0.4, 0.5) is 0 Å². The molecule has 0 radical (unpaired) electrons. The molecule has 0 aliphatic rings. The molecule has 3 heterocycles. The van der Waals surface area contributed by atoms with E-state index >= 15 is 0 Å². The molecule has 25 heavy (non-hydrogen) atoms. The first-order valence-corrected chi connectivity index (χ1v) is 8.69. The number of thiophene rings is 1. The zero-order chi connectivity index (χ0) is 17.1. The molecular weight excluding hydrogens is 332 g/mol. The van der Waals surface area contributed by atoms with Crippen LogP contribution in [0.3, 0.4) is 0 Å². The Morgan fingerprint density at radius 2 is 2.00 bits per heavy atom. The van der Waals surface area contributed by atoms with Gasteiger partial charge in [-0.2, -0.15) is 0 Å². The number of nitrogens with zero attached hydrogens (tertiary/aromatic N) is 2. The zero-order valence-corrected chi connectivity index (χ0v) is 14.1. The number of hydrogen-bond donors (Lipinski definition) is 0. The van der Waals surface area contributed by atoms with Gasteiger partial charge >= 0.3 is 5.97 Å². The van der Waals surface area contributed by atoms with Gasteiger partial charge in [-0.15, -0.1) is 11.3 Å². The Bertz CT molecular complexity index is 1010. The summed E-state index contributed by atoms with van der Waals surface area (Å²) in [6.07, 6.45) is 3.38. The summed E-state index contributed by atoms with van der Waals surface area (Å²) in [6.45, 7) is 0.192. The molecule has 0 saturated carbocycles. The first kappa shape index (κ1) is 15.5. The minimum Gasteiger partial charge on any atom is -0.457 e. The first-order chi connectivity index (χ1) is 12.3. The van der Waals surface area contributed by atoms with Gasteiger partial charge in [-0.1, -0.05) is 30.3 Å². The quantitative estimate of drug-likeness (QED) is 0.502. The van der Waals surface area contributed by atoms with Gasteiger partial charge in [0.1, 0.15) is 6.61 Å². The number of hydrogen-bond acceptors (Lipinski definition) is 5. The molecule has 0 N–H and O–H groups in total. The van der Waals surface area contributed by atoms with E-state index in [0.717, 1.165) is 27.0 Å². The summed E-state index contributed by atoms with van der Waals surface area (Å²) in [5.41, 5.74) is 2.94. The fourth-order valence-corrected chi connectivity index (χ4v) is 3.29. The van der Waals surface area contributed by atoms with Crippen LogP contribution in [0.25, 0.3) is 21.5 Å². The van der Waals surface area contributed by atoms with Crippen LogP contribution in [-0.4, -0.2) is 15.9 Å². The molecule has 4 aromatic rings. The average Bonchev–Trinajstić information content (AvgIpc) is 3.21. The predicted molar refractivity (Wildman–Crippen MR) is 98.4 cm³/mol. The highest BCUT2D eigenvalue weighted by Gasteiger charge is 2.15. The highest BCUT2D eigenvalue weighted by molar-refractivity contribution is 7.13. The van der Waals surface area contributed by atoms with Crippen molar-refractivity contribution < 1.29 is 9.53 Å². The van der Waals surface area contributed by atoms with Gasteiger partial charge in [0, 0.05) is 23.3 Å². The molecule has 4 rings (SSSR count). The molecule has 0 fully saturated rings. The molecular formula is C20H14N2O2S. The number of benzene rings is 1. The molecule has 5 heteroatoms. The van der Waals surface area contributed by atoms with Crippen LogP contribution in [-0.2, 0) is 11.3 Å². The van der Waals surface area contributed by atoms with Crippen LogP contribution in [0.2, 0.25) is 0 Å². The van der Waals surface area contributed by atoms with Gasteiger partial charge in [0.05, 0.1) is 21.7 Å². The Kier molecular flexibility index (Phi) is 4.23. The van der Waals surface area contributed by atoms with E-state index in [9.17, 15) is 4.79 Å². The van der Waals surface area contributed by atoms with Gasteiger partial charge in [-0.05, 0) is 29.6 Å². The smallest absolute Gasteiger partial charge is 0.339 e. The number of carbonyl (C=O) groups excluding carboxylic acids is 1. The van der Waals surface area contributed by atoms with Crippen LogP contribution in [0.15, 0.2) is 72.4 Å². The molecule has 1 aromatic carbocycles. The standard InChI is InChI=1S/C20H14N2O2S/c23-20(24-13-14-5-3-9-21-12-14)16-11-18(19-8-4-10-25-19)22-17-7-2-1-6-15(16)17/h1-12H,13H2. The number of ether oxygens (including phenoxy) is 1. The third-order valence-corrected chi connectivity index (χ3v) is 4.69. The fraction of sp³-hybridized carbons (Fsp3) is 0.0500. The molecule has 0 aliphatic carbocycles. The molecule has 0 spiro atoms. The molecule has 3 aromatic heterocycles. The third kappa shape index (κ3) is 3.27. The third-order valence-electron chi connectivity index (χ3n) is 3.80. The lowest BCUT2D eigenvalue weighted by Gasteiger charge is -2.09. The van der Waals surface area contributed by atoms with E-state index in [1.54, 1.807) is 29.8 Å². The van der Waals surface area contributed by atoms with Gasteiger partial charge in [0.15, 0.2) is 0 Å². The lowest BCUT2D eigenvalue weighted by atomic mass is 10.1. The Morgan fingerprint density at radius 3 is 2.80 bits per heavy atom. The average molecular weight is 346 g/mol. The maximum absolute atomic E-state index is 12.7. The first-order valence-electron chi connectivity index (χ1n) is 7.81. The van der Waals surface area contributed by atoms with Crippen LogP contribution < -0.4 is 0 Å². The predicted octanol–water partition coefficient (Wildman–Crippen LogP) is 4.72. The molecule has 4 nitrogen and oxygen atoms in total. The van der Waals surface area contributed by atoms with Gasteiger partial charge < -0.3 is 4.74 Å². The second kappa shape index (κ2) is 6.83. The van der Waals surface area contributed by atoms with Crippen LogP contribution in [0.5, 0.6) is 0 Å². The van der Waals surface area contributed by atoms with E-state index in [0.29, 0.717) is 5.56 Å². The van der Waals surface area contributed by atoms with Crippen LogP contribution in [0.1, 0.15) is 15.9 Å². The monoisotopic (exact) mass is 346 g/mol. The van der Waals surface area contributed by atoms with E-state index in [-0.39, 0.29) is 12.6 Å². The highest BCUT2D eigenvalue weighted by atomic mass is 32.1. The summed E-state index contributed by atoms with van der Waals surface area (Å²) in [4.78, 5) is 22.4. The zero-order valence-electron chi connectivity index (χ0n) is 13.3. The minimum absolute atomic E-state index is 0.192. The van der Waals surface area contributed by atoms with Crippen molar-refractivity contribution in [2.24, 2.45) is 0 Å². The van der Waals surface area contributed by atoms with Gasteiger partial charge in [0.25, 0.3) is 0 Å². The second-order valence-electron chi connectivity index (χ2n) is 5.49. The maximum atomic E-state index is 12.7. The number of carbonyl (C=O) groups is 1. The Morgan fingerprint density at radius 1 is 1.08 bits per heavy atom. The van der Waals surface area contributed by atoms with E-state index in [4.69, 9.17) is 4.74 Å². The van der Waals surface area contributed by atoms with Crippen LogP contribution in [0, 0.1) is 0 Å². The maximum Gasteiger partial charge on any atom is 0.339 e. The number of aromatic nitrogens is 2. The number of pyridine rings is 2. The molecule has 0 aliphatic heterocycles. The van der Waals surface area contributed by atoms with Crippen molar-refractivity contribution in [1.29, 1.82) is 0 Å². The summed E-state index contributed by atoms with van der Waals surface area (Å²) < 4.78 is 5.49. The molecule has 122 valence electrons. The summed E-state index contributed by atoms with van der Waals surface area (Å²) in [5.74, 6) is -0.361. The number of para-hydroxylation sites is 1. The number of fused-ring (bicyclic) bond motifs is 1. The summed E-state index contributed by atoms with van der Waals surface area (Å²) in [7, 11) is 0. The van der Waals surface area contributed by atoms with Crippen molar-refractivity contribution in [3.8, 4) is 10.6 Å². The Balaban J connectivity index is 1.71. The molecule has 0 saturated heterocycles. The van der Waals surface area contributed by atoms with Crippen molar-refractivity contribution in [2.45, 2.75) is 6.61 Å². The van der Waals surface area contributed by atoms with Crippen molar-refractivity contribution in [3.05, 3.63) is 83.5 Å². The lowest BCUT2D eigenvalue weighted by molar-refractivity contribution is 0.0474. The summed E-state index contributed by atoms with van der Waals surface area (Å²) in [6, 6.07) is 17.1. The van der Waals surface area contributed by atoms with E-state index in [1.807, 2.05) is 53.9 Å². The van der Waals surface area contributed by atoms with Gasteiger partial charge in [-0.3, -0.25) is 4.98 Å². The largest absolute Gasteiger partial charge is 0.457 e. The lowest BCUT2D eigenvalue weighted by Crippen LogP contribution is -2.07. The minimum atomic E-state index is -0.361. The van der Waals surface area contributed by atoms with E-state index in [2.05, 4.69) is 9.97 Å². The normalized spacial score (nSPS) is 10.7. The summed E-state index contributed by atoms with van der Waals surface area (Å²) >= 11 is 1.59. The molecule has 0 unspecified atom stereocenters. The topological polar surface area (TPSA) is 52.1 Å². The molecule has 0 bridgehead atoms. The van der Waals surface area contributed by atoms with Crippen LogP contribution >= 0.6 is 11.3 Å². The van der Waals surface area contributed by atoms with Crippen molar-refractivity contribution >= 4 is 28.2 Å². The van der Waals surface area contributed by atoms with Gasteiger partial charge in [0.2, 0.25) is 0 Å². The SMILES string of the molecule is O=C(OCc1cccnc1)c1cc(-c2cccs2)nc2ccccc12. The van der Waals surface area contributed by atoms with Crippen molar-refractivity contribution in [3.63, 3.8) is 0 Å². The Hall–Kier alpha value is -3.05. The number of rotatable bonds is 4. The number of esters is 1. The van der Waals surface area contributed by atoms with Crippen molar-refractivity contribution in [1.82, 2.24) is 9.97 Å². The summed E-state index contributed by atoms with van der Waals surface area (Å²) in [5, 5.41) is 2.78. The van der Waals surface area contributed by atoms with E-state index < -0.39 is 0 Å². The second-order valence-corrected chi connectivity index (χ2v) is 6.43. The van der Waals surface area contributed by atoms with Gasteiger partial charge in [-0.25, -0.2) is 9.78 Å². The Labute approximate surface area is 148 Å². The molecule has 0 atom stereocenters. The fourth-order valence-electron chi connectivity index (χ4n) is 2.60. The molecule has 0 amide bonds. The van der Waals surface area contributed by atoms with Crippen molar-refractivity contribution in [2.75, 3.05) is 0 Å². The highest BCUT2D eigenvalue weighted by Crippen LogP contribution is 2.28. The van der Waals surface area contributed by atoms with E-state index in [1.165, 1.54) is 0 Å².